The predicted molar refractivity (Wildman–Crippen MR) is 79.0 cm³/mol. The number of anilines is 1. The third kappa shape index (κ3) is 5.53. The highest BCUT2D eigenvalue weighted by Crippen LogP contribution is 2.19. The summed E-state index contributed by atoms with van der Waals surface area (Å²) >= 11 is 5.83. The number of hydrogen-bond acceptors (Lipinski definition) is 3. The Bertz CT molecular complexity index is 526. The van der Waals surface area contributed by atoms with Gasteiger partial charge < -0.3 is 5.32 Å². The molecule has 0 atom stereocenters. The van der Waals surface area contributed by atoms with Crippen molar-refractivity contribution in [1.29, 1.82) is 0 Å². The van der Waals surface area contributed by atoms with Crippen molar-refractivity contribution in [2.45, 2.75) is 39.5 Å². The topological polar surface area (TPSA) is 63.2 Å². The molecule has 108 valence electrons. The maximum Gasteiger partial charge on any atom is 0.224 e. The van der Waals surface area contributed by atoms with Crippen LogP contribution in [0.1, 0.15) is 38.2 Å². The van der Waals surface area contributed by atoms with Gasteiger partial charge in [0.05, 0.1) is 6.42 Å². The Balaban J connectivity index is 2.44. The number of halogens is 1. The first kappa shape index (κ1) is 16.4. The number of rotatable bonds is 7. The Morgan fingerprint density at radius 1 is 1.15 bits per heavy atom. The number of aryl methyl sites for hydroxylation is 1. The van der Waals surface area contributed by atoms with Gasteiger partial charge in [-0.2, -0.15) is 0 Å². The van der Waals surface area contributed by atoms with Crippen LogP contribution in [-0.4, -0.2) is 17.5 Å². The van der Waals surface area contributed by atoms with Gasteiger partial charge in [0.1, 0.15) is 11.6 Å². The van der Waals surface area contributed by atoms with E-state index in [1.54, 1.807) is 25.1 Å². The molecule has 1 rings (SSSR count). The Kier molecular flexibility index (Phi) is 6.39. The Morgan fingerprint density at radius 3 is 2.45 bits per heavy atom. The standard InChI is InChI=1S/C15H18ClNO3/c1-3-12(18)9-13(19)5-7-15(20)17-14-6-4-11(16)8-10(14)2/h4,6,8H,3,5,7,9H2,1-2H3,(H,17,20). The maximum absolute atomic E-state index is 11.7. The van der Waals surface area contributed by atoms with E-state index in [2.05, 4.69) is 5.32 Å². The molecule has 20 heavy (non-hydrogen) atoms. The van der Waals surface area contributed by atoms with Gasteiger partial charge in [-0.15, -0.1) is 0 Å². The maximum atomic E-state index is 11.7. The number of nitrogens with one attached hydrogen (secondary N) is 1. The predicted octanol–water partition coefficient (Wildman–Crippen LogP) is 3.31. The number of Topliss-reactive ketones (excluding diaryl/α,β-unsaturated/α-hetero) is 2. The lowest BCUT2D eigenvalue weighted by molar-refractivity contribution is -0.128. The summed E-state index contributed by atoms with van der Waals surface area (Å²) in [5.41, 5.74) is 1.54. The molecule has 0 spiro atoms. The van der Waals surface area contributed by atoms with Crippen LogP contribution in [0.5, 0.6) is 0 Å². The van der Waals surface area contributed by atoms with Crippen molar-refractivity contribution in [3.05, 3.63) is 28.8 Å². The van der Waals surface area contributed by atoms with E-state index in [1.807, 2.05) is 6.92 Å². The van der Waals surface area contributed by atoms with Gasteiger partial charge in [-0.1, -0.05) is 18.5 Å². The zero-order valence-electron chi connectivity index (χ0n) is 11.7. The van der Waals surface area contributed by atoms with Gasteiger partial charge >= 0.3 is 0 Å². The quantitative estimate of drug-likeness (QED) is 0.785. The van der Waals surface area contributed by atoms with Crippen molar-refractivity contribution in [1.82, 2.24) is 0 Å². The van der Waals surface area contributed by atoms with Crippen LogP contribution in [0.2, 0.25) is 5.02 Å². The van der Waals surface area contributed by atoms with Crippen LogP contribution < -0.4 is 5.32 Å². The monoisotopic (exact) mass is 295 g/mol. The van der Waals surface area contributed by atoms with Gasteiger partial charge in [0.25, 0.3) is 0 Å². The molecule has 0 heterocycles. The van der Waals surface area contributed by atoms with Crippen LogP contribution in [0.15, 0.2) is 18.2 Å². The summed E-state index contributed by atoms with van der Waals surface area (Å²) in [7, 11) is 0. The van der Waals surface area contributed by atoms with Gasteiger partial charge in [0.15, 0.2) is 0 Å². The Hall–Kier alpha value is -1.68. The van der Waals surface area contributed by atoms with Crippen molar-refractivity contribution in [3.63, 3.8) is 0 Å². The van der Waals surface area contributed by atoms with Gasteiger partial charge in [0, 0.05) is 30.0 Å². The molecule has 0 saturated heterocycles. The van der Waals surface area contributed by atoms with Crippen molar-refractivity contribution in [2.24, 2.45) is 0 Å². The van der Waals surface area contributed by atoms with Gasteiger partial charge in [-0.25, -0.2) is 0 Å². The van der Waals surface area contributed by atoms with E-state index in [9.17, 15) is 14.4 Å². The first-order valence-corrected chi connectivity index (χ1v) is 6.89. The van der Waals surface area contributed by atoms with E-state index in [0.717, 1.165) is 5.56 Å². The zero-order chi connectivity index (χ0) is 15.1. The molecule has 0 aliphatic heterocycles. The molecule has 1 N–H and O–H groups in total. The number of ketones is 2. The zero-order valence-corrected chi connectivity index (χ0v) is 12.4. The van der Waals surface area contributed by atoms with Crippen LogP contribution in [0, 0.1) is 6.92 Å². The summed E-state index contributed by atoms with van der Waals surface area (Å²) in [4.78, 5) is 34.3. The molecule has 0 aromatic heterocycles. The average Bonchev–Trinajstić information content (AvgIpc) is 2.39. The lowest BCUT2D eigenvalue weighted by Crippen LogP contribution is -2.15. The molecule has 5 heteroatoms. The SMILES string of the molecule is CCC(=O)CC(=O)CCC(=O)Nc1ccc(Cl)cc1C. The van der Waals surface area contributed by atoms with E-state index in [1.165, 1.54) is 0 Å². The van der Waals surface area contributed by atoms with Crippen LogP contribution in [0.4, 0.5) is 5.69 Å². The van der Waals surface area contributed by atoms with E-state index in [0.29, 0.717) is 17.1 Å². The minimum absolute atomic E-state index is 0.0796. The van der Waals surface area contributed by atoms with E-state index in [4.69, 9.17) is 11.6 Å². The first-order chi connectivity index (χ1) is 9.42. The van der Waals surface area contributed by atoms with Crippen LogP contribution in [0.3, 0.4) is 0 Å². The van der Waals surface area contributed by atoms with Crippen molar-refractivity contribution < 1.29 is 14.4 Å². The Labute approximate surface area is 123 Å². The summed E-state index contributed by atoms with van der Waals surface area (Å²) in [5, 5.41) is 3.33. The third-order valence-electron chi connectivity index (χ3n) is 2.88. The molecule has 4 nitrogen and oxygen atoms in total. The normalized spacial score (nSPS) is 10.2. The molecule has 0 aliphatic carbocycles. The second-order valence-corrected chi connectivity index (χ2v) is 5.05. The molecule has 0 unspecified atom stereocenters. The molecule has 0 radical (unpaired) electrons. The molecule has 0 bridgehead atoms. The molecular weight excluding hydrogens is 278 g/mol. The molecule has 1 aromatic carbocycles. The minimum atomic E-state index is -0.243. The number of carbonyl (C=O) groups excluding carboxylic acids is 3. The molecule has 0 aliphatic rings. The second-order valence-electron chi connectivity index (χ2n) is 4.62. The van der Waals surface area contributed by atoms with Gasteiger partial charge in [-0.3, -0.25) is 14.4 Å². The highest BCUT2D eigenvalue weighted by atomic mass is 35.5. The number of benzene rings is 1. The van der Waals surface area contributed by atoms with Crippen LogP contribution in [-0.2, 0) is 14.4 Å². The third-order valence-corrected chi connectivity index (χ3v) is 3.12. The smallest absolute Gasteiger partial charge is 0.224 e. The average molecular weight is 296 g/mol. The summed E-state index contributed by atoms with van der Waals surface area (Å²) in [6.45, 7) is 3.55. The van der Waals surface area contributed by atoms with Crippen molar-refractivity contribution >= 4 is 34.8 Å². The summed E-state index contributed by atoms with van der Waals surface area (Å²) in [6.07, 6.45) is 0.438. The number of amides is 1. The fourth-order valence-electron chi connectivity index (χ4n) is 1.67. The molecule has 1 aromatic rings. The van der Waals surface area contributed by atoms with Crippen LogP contribution >= 0.6 is 11.6 Å². The van der Waals surface area contributed by atoms with E-state index < -0.39 is 0 Å². The van der Waals surface area contributed by atoms with Gasteiger partial charge in [-0.05, 0) is 30.7 Å². The fraction of sp³-hybridized carbons (Fsp3) is 0.400. The van der Waals surface area contributed by atoms with Crippen molar-refractivity contribution in [3.8, 4) is 0 Å². The lowest BCUT2D eigenvalue weighted by atomic mass is 10.1. The highest BCUT2D eigenvalue weighted by molar-refractivity contribution is 6.30. The summed E-state index contributed by atoms with van der Waals surface area (Å²) < 4.78 is 0. The largest absolute Gasteiger partial charge is 0.326 e. The fourth-order valence-corrected chi connectivity index (χ4v) is 1.89. The first-order valence-electron chi connectivity index (χ1n) is 6.51. The van der Waals surface area contributed by atoms with Crippen LogP contribution in [0.25, 0.3) is 0 Å². The molecule has 0 fully saturated rings. The number of carbonyl (C=O) groups is 3. The van der Waals surface area contributed by atoms with E-state index in [-0.39, 0.29) is 36.7 Å². The minimum Gasteiger partial charge on any atom is -0.326 e. The van der Waals surface area contributed by atoms with E-state index >= 15 is 0 Å². The lowest BCUT2D eigenvalue weighted by Gasteiger charge is -2.08. The second kappa shape index (κ2) is 7.80. The highest BCUT2D eigenvalue weighted by Gasteiger charge is 2.11. The Morgan fingerprint density at radius 2 is 1.85 bits per heavy atom. The molecule has 0 saturated carbocycles. The summed E-state index contributed by atoms with van der Waals surface area (Å²) in [5.74, 6) is -0.531. The molecule has 1 amide bonds. The van der Waals surface area contributed by atoms with Crippen molar-refractivity contribution in [2.75, 3.05) is 5.32 Å². The molecular formula is C15H18ClNO3. The number of hydrogen-bond donors (Lipinski definition) is 1. The van der Waals surface area contributed by atoms with Gasteiger partial charge in [0.2, 0.25) is 5.91 Å². The summed E-state index contributed by atoms with van der Waals surface area (Å²) in [6, 6.07) is 5.16.